The lowest BCUT2D eigenvalue weighted by Crippen LogP contribution is -2.23. The maximum Gasteiger partial charge on any atom is 0.251 e. The first-order chi connectivity index (χ1) is 12.2. The fraction of sp³-hybridized carbons (Fsp3) is 0.100. The van der Waals surface area contributed by atoms with Crippen molar-refractivity contribution in [1.82, 2.24) is 9.88 Å². The molecule has 1 N–H and O–H groups in total. The van der Waals surface area contributed by atoms with E-state index in [9.17, 15) is 4.79 Å². The SMILES string of the molecule is COc1cccc(-n2cccc2)c1CNC(=O)c1ccc(C#N)cc1. The molecule has 0 spiro atoms. The van der Waals surface area contributed by atoms with Gasteiger partial charge in [0.25, 0.3) is 5.91 Å². The number of hydrogen-bond acceptors (Lipinski definition) is 3. The van der Waals surface area contributed by atoms with Crippen LogP contribution in [0.25, 0.3) is 5.69 Å². The number of nitrogens with one attached hydrogen (secondary N) is 1. The van der Waals surface area contributed by atoms with Crippen molar-refractivity contribution in [3.05, 3.63) is 83.7 Å². The standard InChI is InChI=1S/C20H17N3O2/c1-25-19-6-4-5-18(23-11-2-3-12-23)17(19)14-22-20(24)16-9-7-15(13-21)8-10-16/h2-12H,14H2,1H3,(H,22,24). The van der Waals surface area contributed by atoms with Crippen molar-refractivity contribution in [3.63, 3.8) is 0 Å². The van der Waals surface area contributed by atoms with Gasteiger partial charge in [0.2, 0.25) is 0 Å². The third kappa shape index (κ3) is 3.54. The first-order valence-corrected chi connectivity index (χ1v) is 7.80. The number of aromatic nitrogens is 1. The van der Waals surface area contributed by atoms with Crippen LogP contribution in [0.4, 0.5) is 0 Å². The van der Waals surface area contributed by atoms with Gasteiger partial charge in [-0.15, -0.1) is 0 Å². The van der Waals surface area contributed by atoms with E-state index in [1.54, 1.807) is 31.4 Å². The van der Waals surface area contributed by atoms with Crippen LogP contribution in [0.1, 0.15) is 21.5 Å². The highest BCUT2D eigenvalue weighted by Crippen LogP contribution is 2.25. The molecule has 0 atom stereocenters. The fourth-order valence-corrected chi connectivity index (χ4v) is 2.63. The number of nitrogens with zero attached hydrogens (tertiary/aromatic N) is 2. The Morgan fingerprint density at radius 1 is 1.12 bits per heavy atom. The summed E-state index contributed by atoms with van der Waals surface area (Å²) in [4.78, 5) is 12.4. The molecule has 0 unspecified atom stereocenters. The Kier molecular flexibility index (Phi) is 4.82. The zero-order valence-corrected chi connectivity index (χ0v) is 13.8. The topological polar surface area (TPSA) is 67.0 Å². The zero-order valence-electron chi connectivity index (χ0n) is 13.8. The van der Waals surface area contributed by atoms with E-state index in [2.05, 4.69) is 5.32 Å². The van der Waals surface area contributed by atoms with Crippen LogP contribution >= 0.6 is 0 Å². The average Bonchev–Trinajstić information content (AvgIpc) is 3.20. The number of amides is 1. The van der Waals surface area contributed by atoms with Crippen LogP contribution in [0.2, 0.25) is 0 Å². The second-order valence-electron chi connectivity index (χ2n) is 5.42. The molecule has 0 aliphatic carbocycles. The average molecular weight is 331 g/mol. The smallest absolute Gasteiger partial charge is 0.251 e. The molecule has 2 aromatic carbocycles. The predicted octanol–water partition coefficient (Wildman–Crippen LogP) is 3.29. The number of methoxy groups -OCH3 is 1. The van der Waals surface area contributed by atoms with Gasteiger partial charge in [-0.2, -0.15) is 5.26 Å². The molecule has 3 aromatic rings. The molecule has 0 saturated heterocycles. The summed E-state index contributed by atoms with van der Waals surface area (Å²) in [5, 5.41) is 11.7. The highest BCUT2D eigenvalue weighted by Gasteiger charge is 2.12. The van der Waals surface area contributed by atoms with Crippen molar-refractivity contribution >= 4 is 5.91 Å². The lowest BCUT2D eigenvalue weighted by atomic mass is 10.1. The summed E-state index contributed by atoms with van der Waals surface area (Å²) in [5.74, 6) is 0.514. The Balaban J connectivity index is 1.82. The molecule has 0 saturated carbocycles. The van der Waals surface area contributed by atoms with Crippen molar-refractivity contribution in [1.29, 1.82) is 5.26 Å². The predicted molar refractivity (Wildman–Crippen MR) is 94.6 cm³/mol. The monoisotopic (exact) mass is 331 g/mol. The Morgan fingerprint density at radius 3 is 2.48 bits per heavy atom. The largest absolute Gasteiger partial charge is 0.496 e. The number of rotatable bonds is 5. The van der Waals surface area contributed by atoms with Crippen LogP contribution in [0, 0.1) is 11.3 Å². The van der Waals surface area contributed by atoms with Gasteiger partial charge in [-0.3, -0.25) is 4.79 Å². The fourth-order valence-electron chi connectivity index (χ4n) is 2.63. The summed E-state index contributed by atoms with van der Waals surface area (Å²) in [6.45, 7) is 0.330. The molecule has 25 heavy (non-hydrogen) atoms. The lowest BCUT2D eigenvalue weighted by Gasteiger charge is -2.15. The van der Waals surface area contributed by atoms with Crippen LogP contribution in [0.3, 0.4) is 0 Å². The molecule has 0 aliphatic heterocycles. The summed E-state index contributed by atoms with van der Waals surface area (Å²) >= 11 is 0. The minimum Gasteiger partial charge on any atom is -0.496 e. The number of carbonyl (C=O) groups excluding carboxylic acids is 1. The van der Waals surface area contributed by atoms with Crippen molar-refractivity contribution in [2.24, 2.45) is 0 Å². The molecule has 0 radical (unpaired) electrons. The van der Waals surface area contributed by atoms with Gasteiger partial charge < -0.3 is 14.6 Å². The Labute approximate surface area is 146 Å². The van der Waals surface area contributed by atoms with Crippen molar-refractivity contribution in [2.75, 3.05) is 7.11 Å². The van der Waals surface area contributed by atoms with Crippen LogP contribution in [0.5, 0.6) is 5.75 Å². The quantitative estimate of drug-likeness (QED) is 0.780. The Morgan fingerprint density at radius 2 is 1.84 bits per heavy atom. The number of nitriles is 1. The molecule has 0 bridgehead atoms. The summed E-state index contributed by atoms with van der Waals surface area (Å²) in [6, 6.07) is 18.2. The van der Waals surface area contributed by atoms with E-state index >= 15 is 0 Å². The van der Waals surface area contributed by atoms with E-state index < -0.39 is 0 Å². The Bertz CT molecular complexity index is 907. The number of benzene rings is 2. The second-order valence-corrected chi connectivity index (χ2v) is 5.42. The molecule has 5 heteroatoms. The Hall–Kier alpha value is -3.52. The van der Waals surface area contributed by atoms with Crippen LogP contribution in [-0.2, 0) is 6.54 Å². The zero-order chi connectivity index (χ0) is 17.6. The number of ether oxygens (including phenoxy) is 1. The summed E-state index contributed by atoms with van der Waals surface area (Å²) in [7, 11) is 1.61. The molecule has 5 nitrogen and oxygen atoms in total. The van der Waals surface area contributed by atoms with Crippen molar-refractivity contribution < 1.29 is 9.53 Å². The lowest BCUT2D eigenvalue weighted by molar-refractivity contribution is 0.0950. The molecule has 1 aromatic heterocycles. The van der Waals surface area contributed by atoms with E-state index in [1.165, 1.54) is 0 Å². The molecule has 1 heterocycles. The summed E-state index contributed by atoms with van der Waals surface area (Å²) in [6.07, 6.45) is 3.89. The van der Waals surface area contributed by atoms with Gasteiger partial charge in [-0.1, -0.05) is 6.07 Å². The number of hydrogen-bond donors (Lipinski definition) is 1. The first-order valence-electron chi connectivity index (χ1n) is 7.80. The van der Waals surface area contributed by atoms with Gasteiger partial charge in [-0.05, 0) is 48.5 Å². The van der Waals surface area contributed by atoms with E-state index in [1.807, 2.05) is 53.4 Å². The van der Waals surface area contributed by atoms with Gasteiger partial charge in [0, 0.05) is 30.1 Å². The van der Waals surface area contributed by atoms with Crippen LogP contribution in [-0.4, -0.2) is 17.6 Å². The third-order valence-electron chi connectivity index (χ3n) is 3.91. The van der Waals surface area contributed by atoms with Gasteiger partial charge in [-0.25, -0.2) is 0 Å². The third-order valence-corrected chi connectivity index (χ3v) is 3.91. The minimum absolute atomic E-state index is 0.200. The van der Waals surface area contributed by atoms with Crippen molar-refractivity contribution in [2.45, 2.75) is 6.54 Å². The molecular formula is C20H17N3O2. The van der Waals surface area contributed by atoms with E-state index in [-0.39, 0.29) is 5.91 Å². The first kappa shape index (κ1) is 16.3. The van der Waals surface area contributed by atoms with Gasteiger partial charge in [0.05, 0.1) is 24.4 Å². The molecule has 3 rings (SSSR count). The molecule has 0 fully saturated rings. The molecule has 1 amide bonds. The van der Waals surface area contributed by atoms with E-state index in [0.29, 0.717) is 23.4 Å². The van der Waals surface area contributed by atoms with Crippen molar-refractivity contribution in [3.8, 4) is 17.5 Å². The van der Waals surface area contributed by atoms with Gasteiger partial charge >= 0.3 is 0 Å². The van der Waals surface area contributed by atoms with Crippen LogP contribution < -0.4 is 10.1 Å². The normalized spacial score (nSPS) is 10.1. The molecule has 0 aliphatic rings. The second kappa shape index (κ2) is 7.37. The summed E-state index contributed by atoms with van der Waals surface area (Å²) < 4.78 is 7.43. The highest BCUT2D eigenvalue weighted by atomic mass is 16.5. The number of carbonyl (C=O) groups is 1. The summed E-state index contributed by atoms with van der Waals surface area (Å²) in [5.41, 5.74) is 2.88. The molecule has 124 valence electrons. The highest BCUT2D eigenvalue weighted by molar-refractivity contribution is 5.94. The minimum atomic E-state index is -0.200. The molecular weight excluding hydrogens is 314 g/mol. The maximum atomic E-state index is 12.4. The van der Waals surface area contributed by atoms with E-state index in [4.69, 9.17) is 10.00 Å². The van der Waals surface area contributed by atoms with Gasteiger partial charge in [0.1, 0.15) is 5.75 Å². The van der Waals surface area contributed by atoms with Crippen LogP contribution in [0.15, 0.2) is 67.0 Å². The van der Waals surface area contributed by atoms with Gasteiger partial charge in [0.15, 0.2) is 0 Å². The maximum absolute atomic E-state index is 12.4. The van der Waals surface area contributed by atoms with E-state index in [0.717, 1.165) is 11.3 Å².